The largest absolute Gasteiger partial charge is 0.495 e. The number of hydrogen-bond acceptors (Lipinski definition) is 6. The second-order valence-corrected chi connectivity index (χ2v) is 7.55. The van der Waals surface area contributed by atoms with Gasteiger partial charge in [-0.25, -0.2) is 0 Å². The third kappa shape index (κ3) is 7.11. The van der Waals surface area contributed by atoms with Crippen LogP contribution in [-0.2, 0) is 9.59 Å². The Hall–Kier alpha value is -4.77. The summed E-state index contributed by atoms with van der Waals surface area (Å²) < 4.78 is 16.3. The first-order valence-electron chi connectivity index (χ1n) is 11.3. The Kier molecular flexibility index (Phi) is 9.48. The monoisotopic (exact) mass is 485 g/mol. The van der Waals surface area contributed by atoms with Crippen molar-refractivity contribution >= 4 is 29.3 Å². The lowest BCUT2D eigenvalue weighted by atomic mass is 10.1. The Morgan fingerprint density at radius 1 is 0.861 bits per heavy atom. The lowest BCUT2D eigenvalue weighted by Crippen LogP contribution is -2.25. The van der Waals surface area contributed by atoms with Crippen molar-refractivity contribution in [3.63, 3.8) is 0 Å². The highest BCUT2D eigenvalue weighted by Gasteiger charge is 2.21. The number of carbonyl (C=O) groups excluding carboxylic acids is 2. The minimum atomic E-state index is -0.618. The van der Waals surface area contributed by atoms with Crippen molar-refractivity contribution in [3.05, 3.63) is 83.9 Å². The van der Waals surface area contributed by atoms with E-state index < -0.39 is 11.8 Å². The van der Waals surface area contributed by atoms with E-state index in [0.29, 0.717) is 53.6 Å². The van der Waals surface area contributed by atoms with Crippen molar-refractivity contribution in [1.82, 2.24) is 0 Å². The van der Waals surface area contributed by atoms with Crippen LogP contribution in [-0.4, -0.2) is 32.6 Å². The fourth-order valence-electron chi connectivity index (χ4n) is 3.31. The summed E-state index contributed by atoms with van der Waals surface area (Å²) in [5.74, 6) is 0.252. The molecule has 0 radical (unpaired) electrons. The number of methoxy groups -OCH3 is 2. The number of carbonyl (C=O) groups is 2. The van der Waals surface area contributed by atoms with Crippen molar-refractivity contribution < 1.29 is 23.8 Å². The number of para-hydroxylation sites is 4. The van der Waals surface area contributed by atoms with E-state index in [1.807, 2.05) is 0 Å². The van der Waals surface area contributed by atoms with E-state index >= 15 is 0 Å². The number of anilines is 2. The molecule has 0 bridgehead atoms. The molecule has 3 aromatic rings. The van der Waals surface area contributed by atoms with Crippen LogP contribution in [0.4, 0.5) is 11.4 Å². The molecule has 0 spiro atoms. The van der Waals surface area contributed by atoms with Gasteiger partial charge in [0.1, 0.15) is 22.8 Å². The van der Waals surface area contributed by atoms with Gasteiger partial charge in [0.05, 0.1) is 38.3 Å². The molecule has 0 saturated heterocycles. The van der Waals surface area contributed by atoms with Crippen LogP contribution < -0.4 is 24.8 Å². The lowest BCUT2D eigenvalue weighted by Gasteiger charge is -2.14. The maximum absolute atomic E-state index is 13.3. The van der Waals surface area contributed by atoms with Gasteiger partial charge in [0.2, 0.25) is 0 Å². The first kappa shape index (κ1) is 25.8. The van der Waals surface area contributed by atoms with Crippen LogP contribution in [0.5, 0.6) is 17.2 Å². The Labute approximate surface area is 210 Å². The van der Waals surface area contributed by atoms with E-state index in [1.54, 1.807) is 72.8 Å². The molecule has 0 unspecified atom stereocenters. The van der Waals surface area contributed by atoms with Crippen LogP contribution in [0.2, 0.25) is 0 Å². The van der Waals surface area contributed by atoms with E-state index in [4.69, 9.17) is 19.5 Å². The summed E-state index contributed by atoms with van der Waals surface area (Å²) in [7, 11) is 3.00. The summed E-state index contributed by atoms with van der Waals surface area (Å²) >= 11 is 0. The standard InChI is InChI=1S/C28H27N3O5/c1-34-25-14-5-3-12-23(25)30-27(32)22(28(33)31-24-13-4-6-15-26(24)35-2)19-20-10-9-11-21(18-20)36-17-8-7-16-29/h3-6,9-15,18-19H,7-8,17H2,1-2H3,(H,30,32)(H,31,33). The highest BCUT2D eigenvalue weighted by atomic mass is 16.5. The summed E-state index contributed by atoms with van der Waals surface area (Å²) in [6.07, 6.45) is 2.48. The first-order chi connectivity index (χ1) is 17.5. The lowest BCUT2D eigenvalue weighted by molar-refractivity contribution is -0.118. The molecule has 3 rings (SSSR count). The van der Waals surface area contributed by atoms with E-state index in [1.165, 1.54) is 20.3 Å². The first-order valence-corrected chi connectivity index (χ1v) is 11.3. The number of ether oxygens (including phenoxy) is 3. The van der Waals surface area contributed by atoms with E-state index in [2.05, 4.69) is 16.7 Å². The van der Waals surface area contributed by atoms with Crippen LogP contribution in [0.1, 0.15) is 18.4 Å². The summed E-state index contributed by atoms with van der Waals surface area (Å²) in [6, 6.07) is 22.9. The SMILES string of the molecule is COc1ccccc1NC(=O)C(=Cc1cccc(OCCCC#N)c1)C(=O)Nc1ccccc1OC. The van der Waals surface area contributed by atoms with Gasteiger partial charge in [-0.1, -0.05) is 36.4 Å². The van der Waals surface area contributed by atoms with Gasteiger partial charge in [-0.2, -0.15) is 5.26 Å². The minimum Gasteiger partial charge on any atom is -0.495 e. The summed E-state index contributed by atoms with van der Waals surface area (Å²) in [5, 5.41) is 14.2. The second kappa shape index (κ2) is 13.2. The Morgan fingerprint density at radius 2 is 1.44 bits per heavy atom. The normalized spacial score (nSPS) is 9.92. The molecule has 0 saturated carbocycles. The zero-order chi connectivity index (χ0) is 25.8. The quantitative estimate of drug-likeness (QED) is 0.170. The number of nitriles is 1. The third-order valence-corrected chi connectivity index (χ3v) is 5.07. The fraction of sp³-hybridized carbons (Fsp3) is 0.179. The zero-order valence-electron chi connectivity index (χ0n) is 20.1. The second-order valence-electron chi connectivity index (χ2n) is 7.55. The summed E-state index contributed by atoms with van der Waals surface area (Å²) in [4.78, 5) is 26.6. The highest BCUT2D eigenvalue weighted by Crippen LogP contribution is 2.26. The van der Waals surface area contributed by atoms with Gasteiger partial charge in [0.15, 0.2) is 0 Å². The van der Waals surface area contributed by atoms with Crippen LogP contribution in [0.25, 0.3) is 6.08 Å². The van der Waals surface area contributed by atoms with Crippen molar-refractivity contribution in [2.45, 2.75) is 12.8 Å². The predicted octanol–water partition coefficient (Wildman–Crippen LogP) is 5.05. The molecule has 0 heterocycles. The van der Waals surface area contributed by atoms with Gasteiger partial charge >= 0.3 is 0 Å². The number of unbranched alkanes of at least 4 members (excludes halogenated alkanes) is 1. The number of nitrogens with zero attached hydrogens (tertiary/aromatic N) is 1. The van der Waals surface area contributed by atoms with E-state index in [-0.39, 0.29) is 5.57 Å². The molecule has 8 nitrogen and oxygen atoms in total. The van der Waals surface area contributed by atoms with E-state index in [9.17, 15) is 9.59 Å². The molecule has 0 aliphatic heterocycles. The average Bonchev–Trinajstić information content (AvgIpc) is 2.90. The molecule has 2 amide bonds. The Bertz CT molecular complexity index is 1220. The predicted molar refractivity (Wildman–Crippen MR) is 138 cm³/mol. The van der Waals surface area contributed by atoms with Crippen molar-refractivity contribution in [3.8, 4) is 23.3 Å². The van der Waals surface area contributed by atoms with Gasteiger partial charge in [0.25, 0.3) is 11.8 Å². The number of rotatable bonds is 11. The fourth-order valence-corrected chi connectivity index (χ4v) is 3.31. The molecular formula is C28H27N3O5. The topological polar surface area (TPSA) is 110 Å². The van der Waals surface area contributed by atoms with Crippen LogP contribution >= 0.6 is 0 Å². The average molecular weight is 486 g/mol. The molecule has 0 aromatic heterocycles. The van der Waals surface area contributed by atoms with Crippen molar-refractivity contribution in [2.75, 3.05) is 31.5 Å². The number of benzene rings is 3. The van der Waals surface area contributed by atoms with Gasteiger partial charge in [-0.15, -0.1) is 0 Å². The number of hydrogen-bond donors (Lipinski definition) is 2. The van der Waals surface area contributed by atoms with Gasteiger partial charge in [-0.3, -0.25) is 9.59 Å². The van der Waals surface area contributed by atoms with Crippen LogP contribution in [0, 0.1) is 11.3 Å². The smallest absolute Gasteiger partial charge is 0.261 e. The van der Waals surface area contributed by atoms with Crippen LogP contribution in [0.3, 0.4) is 0 Å². The number of nitrogens with one attached hydrogen (secondary N) is 2. The molecular weight excluding hydrogens is 458 g/mol. The third-order valence-electron chi connectivity index (χ3n) is 5.07. The Morgan fingerprint density at radius 3 is 2.00 bits per heavy atom. The maximum atomic E-state index is 13.3. The van der Waals surface area contributed by atoms with E-state index in [0.717, 1.165) is 0 Å². The van der Waals surface area contributed by atoms with Crippen LogP contribution in [0.15, 0.2) is 78.4 Å². The molecule has 8 heteroatoms. The molecule has 2 N–H and O–H groups in total. The maximum Gasteiger partial charge on any atom is 0.261 e. The van der Waals surface area contributed by atoms with Gasteiger partial charge in [0, 0.05) is 6.42 Å². The molecule has 36 heavy (non-hydrogen) atoms. The molecule has 0 atom stereocenters. The van der Waals surface area contributed by atoms with Crippen molar-refractivity contribution in [1.29, 1.82) is 5.26 Å². The molecule has 3 aromatic carbocycles. The number of amides is 2. The molecule has 184 valence electrons. The summed E-state index contributed by atoms with van der Waals surface area (Å²) in [5.41, 5.74) is 1.31. The summed E-state index contributed by atoms with van der Waals surface area (Å²) in [6.45, 7) is 0.385. The van der Waals surface area contributed by atoms with Gasteiger partial charge in [-0.05, 0) is 54.5 Å². The molecule has 0 aliphatic carbocycles. The highest BCUT2D eigenvalue weighted by molar-refractivity contribution is 6.29. The zero-order valence-corrected chi connectivity index (χ0v) is 20.1. The van der Waals surface area contributed by atoms with Crippen molar-refractivity contribution in [2.24, 2.45) is 0 Å². The minimum absolute atomic E-state index is 0.131. The molecule has 0 aliphatic rings. The Balaban J connectivity index is 1.92. The van der Waals surface area contributed by atoms with Gasteiger partial charge < -0.3 is 24.8 Å². The molecule has 0 fully saturated rings.